The van der Waals surface area contributed by atoms with Gasteiger partial charge in [-0.1, -0.05) is 48.0 Å². The fourth-order valence-electron chi connectivity index (χ4n) is 4.11. The second kappa shape index (κ2) is 7.60. The average molecular weight is 430 g/mol. The Bertz CT molecular complexity index is 1390. The molecule has 0 unspecified atom stereocenters. The van der Waals surface area contributed by atoms with Gasteiger partial charge in [0, 0.05) is 23.9 Å². The minimum atomic E-state index is -0.274. The lowest BCUT2D eigenvalue weighted by Crippen LogP contribution is -2.26. The number of aromatic nitrogens is 1. The van der Waals surface area contributed by atoms with Gasteiger partial charge in [0.25, 0.3) is 5.56 Å². The summed E-state index contributed by atoms with van der Waals surface area (Å²) < 4.78 is 1.56. The van der Waals surface area contributed by atoms with Gasteiger partial charge in [0.15, 0.2) is 0 Å². The molecule has 0 saturated carbocycles. The number of hydrogen-bond donors (Lipinski definition) is 2. The third-order valence-electron chi connectivity index (χ3n) is 5.72. The van der Waals surface area contributed by atoms with Gasteiger partial charge >= 0.3 is 0 Å². The molecule has 5 nitrogen and oxygen atoms in total. The van der Waals surface area contributed by atoms with Crippen molar-refractivity contribution in [2.24, 2.45) is 12.0 Å². The van der Waals surface area contributed by atoms with Crippen LogP contribution in [0.4, 0.5) is 11.4 Å². The Labute approximate surface area is 184 Å². The Morgan fingerprint density at radius 3 is 2.55 bits per heavy atom. The number of halogens is 1. The number of aryl methyl sites for hydroxylation is 1. The number of aromatic hydroxyl groups is 1. The molecule has 1 aliphatic heterocycles. The predicted octanol–water partition coefficient (Wildman–Crippen LogP) is 5.58. The lowest BCUT2D eigenvalue weighted by molar-refractivity contribution is 0.478. The van der Waals surface area contributed by atoms with E-state index in [-0.39, 0.29) is 22.9 Å². The fourth-order valence-corrected chi connectivity index (χ4v) is 4.24. The molecule has 1 aromatic heterocycles. The zero-order valence-corrected chi connectivity index (χ0v) is 17.6. The molecule has 0 radical (unpaired) electrons. The minimum absolute atomic E-state index is 0.0355. The molecule has 2 heterocycles. The molecule has 1 atom stereocenters. The maximum atomic E-state index is 13.3. The highest BCUT2D eigenvalue weighted by atomic mass is 35.5. The van der Waals surface area contributed by atoms with E-state index in [0.717, 1.165) is 16.9 Å². The van der Waals surface area contributed by atoms with E-state index in [1.807, 2.05) is 72.8 Å². The van der Waals surface area contributed by atoms with Gasteiger partial charge in [-0.15, -0.1) is 0 Å². The molecule has 6 heteroatoms. The van der Waals surface area contributed by atoms with Gasteiger partial charge in [-0.25, -0.2) is 0 Å². The summed E-state index contributed by atoms with van der Waals surface area (Å²) in [5, 5.41) is 15.9. The molecule has 5 rings (SSSR count). The lowest BCUT2D eigenvalue weighted by Gasteiger charge is -2.20. The largest absolute Gasteiger partial charge is 0.506 e. The van der Waals surface area contributed by atoms with Crippen molar-refractivity contribution in [3.05, 3.63) is 99.3 Å². The van der Waals surface area contributed by atoms with Crippen LogP contribution in [0.1, 0.15) is 23.6 Å². The highest BCUT2D eigenvalue weighted by Crippen LogP contribution is 2.37. The molecular formula is C25H20ClN3O2. The van der Waals surface area contributed by atoms with E-state index in [0.29, 0.717) is 28.1 Å². The first-order valence-electron chi connectivity index (χ1n) is 10.0. The van der Waals surface area contributed by atoms with Crippen LogP contribution in [-0.2, 0) is 7.05 Å². The van der Waals surface area contributed by atoms with Crippen LogP contribution < -0.4 is 10.9 Å². The first kappa shape index (κ1) is 19.4. The number of para-hydroxylation sites is 3. The van der Waals surface area contributed by atoms with Crippen LogP contribution in [0.5, 0.6) is 5.75 Å². The monoisotopic (exact) mass is 429 g/mol. The lowest BCUT2D eigenvalue weighted by atomic mass is 9.96. The summed E-state index contributed by atoms with van der Waals surface area (Å²) in [5.74, 6) is -0.0355. The second-order valence-electron chi connectivity index (χ2n) is 7.63. The van der Waals surface area contributed by atoms with Gasteiger partial charge in [-0.3, -0.25) is 9.79 Å². The van der Waals surface area contributed by atoms with Crippen LogP contribution >= 0.6 is 11.6 Å². The third-order valence-corrected chi connectivity index (χ3v) is 5.98. The quantitative estimate of drug-likeness (QED) is 0.437. The van der Waals surface area contributed by atoms with Gasteiger partial charge < -0.3 is 15.0 Å². The molecule has 0 amide bonds. The maximum absolute atomic E-state index is 13.3. The Kier molecular flexibility index (Phi) is 4.75. The van der Waals surface area contributed by atoms with Gasteiger partial charge in [0.2, 0.25) is 0 Å². The van der Waals surface area contributed by atoms with Crippen LogP contribution in [0.2, 0.25) is 5.02 Å². The van der Waals surface area contributed by atoms with E-state index < -0.39 is 0 Å². The molecule has 154 valence electrons. The summed E-state index contributed by atoms with van der Waals surface area (Å²) in [6, 6.07) is 22.5. The van der Waals surface area contributed by atoms with Crippen molar-refractivity contribution in [2.75, 3.05) is 5.32 Å². The van der Waals surface area contributed by atoms with Crippen molar-refractivity contribution in [1.29, 1.82) is 0 Å². The van der Waals surface area contributed by atoms with Crippen molar-refractivity contribution in [3.8, 4) is 5.75 Å². The highest BCUT2D eigenvalue weighted by molar-refractivity contribution is 6.30. The normalized spacial score (nSPS) is 15.7. The fraction of sp³-hybridized carbons (Fsp3) is 0.120. The number of hydrogen-bond acceptors (Lipinski definition) is 4. The second-order valence-corrected chi connectivity index (χ2v) is 8.07. The topological polar surface area (TPSA) is 66.6 Å². The Morgan fingerprint density at radius 2 is 1.74 bits per heavy atom. The zero-order valence-electron chi connectivity index (χ0n) is 16.8. The van der Waals surface area contributed by atoms with E-state index in [2.05, 4.69) is 5.32 Å². The van der Waals surface area contributed by atoms with Crippen molar-refractivity contribution in [2.45, 2.75) is 12.5 Å². The van der Waals surface area contributed by atoms with Crippen LogP contribution in [0.25, 0.3) is 10.9 Å². The van der Waals surface area contributed by atoms with Crippen molar-refractivity contribution < 1.29 is 5.11 Å². The minimum Gasteiger partial charge on any atom is -0.506 e. The van der Waals surface area contributed by atoms with E-state index in [4.69, 9.17) is 16.6 Å². The number of nitrogens with one attached hydrogen (secondary N) is 1. The van der Waals surface area contributed by atoms with E-state index in [9.17, 15) is 9.90 Å². The summed E-state index contributed by atoms with van der Waals surface area (Å²) in [7, 11) is 1.72. The molecule has 31 heavy (non-hydrogen) atoms. The molecule has 0 bridgehead atoms. The molecule has 1 aliphatic rings. The predicted molar refractivity (Wildman–Crippen MR) is 126 cm³/mol. The highest BCUT2D eigenvalue weighted by Gasteiger charge is 2.26. The Morgan fingerprint density at radius 1 is 1.03 bits per heavy atom. The average Bonchev–Trinajstić information content (AvgIpc) is 2.98. The number of anilines is 1. The van der Waals surface area contributed by atoms with Crippen LogP contribution in [0, 0.1) is 0 Å². The third kappa shape index (κ3) is 3.37. The smallest absolute Gasteiger partial charge is 0.263 e. The van der Waals surface area contributed by atoms with E-state index >= 15 is 0 Å². The Balaban J connectivity index is 1.73. The number of rotatable bonds is 2. The molecule has 0 fully saturated rings. The molecule has 4 aromatic rings. The van der Waals surface area contributed by atoms with Gasteiger partial charge in [-0.05, 0) is 42.0 Å². The Hall–Kier alpha value is -3.57. The summed E-state index contributed by atoms with van der Waals surface area (Å²) >= 11 is 6.08. The standard InChI is InChI=1S/C25H20ClN3O2/c1-29-22-9-5-2-6-17(22)24(30)23(25(29)31)21-14-20(15-10-12-16(26)13-11-15)27-18-7-3-4-8-19(18)28-21/h2-13,20,27,30H,14H2,1H3/t20-/m0/s1. The maximum Gasteiger partial charge on any atom is 0.263 e. The van der Waals surface area contributed by atoms with Gasteiger partial charge in [-0.2, -0.15) is 0 Å². The summed E-state index contributed by atoms with van der Waals surface area (Å²) in [5.41, 5.74) is 3.80. The van der Waals surface area contributed by atoms with E-state index in [1.54, 1.807) is 11.6 Å². The summed E-state index contributed by atoms with van der Waals surface area (Å²) in [6.07, 6.45) is 0.428. The molecule has 2 N–H and O–H groups in total. The van der Waals surface area contributed by atoms with Gasteiger partial charge in [0.1, 0.15) is 11.3 Å². The number of pyridine rings is 1. The van der Waals surface area contributed by atoms with Crippen LogP contribution in [0.3, 0.4) is 0 Å². The molecule has 3 aromatic carbocycles. The van der Waals surface area contributed by atoms with Crippen LogP contribution in [0.15, 0.2) is 82.6 Å². The molecule has 0 spiro atoms. The van der Waals surface area contributed by atoms with Crippen molar-refractivity contribution >= 4 is 39.6 Å². The molecular weight excluding hydrogens is 410 g/mol. The first-order chi connectivity index (χ1) is 15.0. The SMILES string of the molecule is Cn1c(=O)c(C2=Nc3ccccc3N[C@H](c3ccc(Cl)cc3)C2)c(O)c2ccccc21. The molecule has 0 saturated heterocycles. The van der Waals surface area contributed by atoms with E-state index in [1.165, 1.54) is 0 Å². The first-order valence-corrected chi connectivity index (χ1v) is 10.4. The van der Waals surface area contributed by atoms with Gasteiger partial charge in [0.05, 0.1) is 28.6 Å². The summed E-state index contributed by atoms with van der Waals surface area (Å²) in [4.78, 5) is 18.1. The summed E-state index contributed by atoms with van der Waals surface area (Å²) in [6.45, 7) is 0. The zero-order chi connectivity index (χ0) is 21.5. The number of aliphatic imine (C=N–C) groups is 1. The van der Waals surface area contributed by atoms with Crippen LogP contribution in [-0.4, -0.2) is 15.4 Å². The molecule has 0 aliphatic carbocycles. The van der Waals surface area contributed by atoms with Crippen molar-refractivity contribution in [1.82, 2.24) is 4.57 Å². The number of nitrogens with zero attached hydrogens (tertiary/aromatic N) is 2. The number of benzene rings is 3. The van der Waals surface area contributed by atoms with Crippen molar-refractivity contribution in [3.63, 3.8) is 0 Å². The number of fused-ring (bicyclic) bond motifs is 2.